The van der Waals surface area contributed by atoms with Crippen LogP contribution in [0.1, 0.15) is 18.4 Å². The van der Waals surface area contributed by atoms with Crippen LogP contribution in [-0.2, 0) is 11.2 Å². The van der Waals surface area contributed by atoms with Crippen LogP contribution in [0.2, 0.25) is 0 Å². The van der Waals surface area contributed by atoms with Crippen LogP contribution in [0, 0.1) is 0 Å². The molecule has 2 N–H and O–H groups in total. The van der Waals surface area contributed by atoms with Crippen LogP contribution < -0.4 is 10.6 Å². The fourth-order valence-electron chi connectivity index (χ4n) is 3.22. The van der Waals surface area contributed by atoms with Gasteiger partial charge in [-0.15, -0.1) is 24.0 Å². The first-order valence-corrected chi connectivity index (χ1v) is 10.6. The van der Waals surface area contributed by atoms with E-state index in [1.165, 1.54) is 5.56 Å². The van der Waals surface area contributed by atoms with Crippen molar-refractivity contribution in [1.29, 1.82) is 0 Å². The zero-order chi connectivity index (χ0) is 19.0. The van der Waals surface area contributed by atoms with Gasteiger partial charge in [-0.05, 0) is 49.3 Å². The Morgan fingerprint density at radius 3 is 2.61 bits per heavy atom. The van der Waals surface area contributed by atoms with Crippen molar-refractivity contribution in [3.8, 4) is 5.69 Å². The molecule has 1 aliphatic rings. The Hall–Kier alpha value is -1.26. The fraction of sp³-hybridized carbons (Fsp3) is 0.500. The van der Waals surface area contributed by atoms with Crippen molar-refractivity contribution < 1.29 is 4.74 Å². The molecule has 0 aliphatic carbocycles. The minimum absolute atomic E-state index is 0. The van der Waals surface area contributed by atoms with Gasteiger partial charge in [-0.2, -0.15) is 16.9 Å². The molecule has 0 bridgehead atoms. The second-order valence-corrected chi connectivity index (χ2v) is 7.99. The molecule has 0 amide bonds. The van der Waals surface area contributed by atoms with Gasteiger partial charge >= 0.3 is 0 Å². The Morgan fingerprint density at radius 2 is 2.00 bits per heavy atom. The Morgan fingerprint density at radius 1 is 1.25 bits per heavy atom. The van der Waals surface area contributed by atoms with Crippen molar-refractivity contribution in [3.05, 3.63) is 48.3 Å². The molecule has 1 aromatic heterocycles. The highest BCUT2D eigenvalue weighted by Gasteiger charge is 2.31. The maximum atomic E-state index is 5.51. The van der Waals surface area contributed by atoms with Crippen molar-refractivity contribution in [2.45, 2.75) is 24.0 Å². The number of nitrogens with zero attached hydrogens (tertiary/aromatic N) is 3. The topological polar surface area (TPSA) is 63.5 Å². The summed E-state index contributed by atoms with van der Waals surface area (Å²) >= 11 is 1.93. The van der Waals surface area contributed by atoms with E-state index in [0.29, 0.717) is 0 Å². The zero-order valence-electron chi connectivity index (χ0n) is 16.6. The summed E-state index contributed by atoms with van der Waals surface area (Å²) in [5.74, 6) is 0.864. The van der Waals surface area contributed by atoms with Gasteiger partial charge in [0.15, 0.2) is 5.96 Å². The van der Waals surface area contributed by atoms with E-state index >= 15 is 0 Å². The highest BCUT2D eigenvalue weighted by Crippen LogP contribution is 2.32. The lowest BCUT2D eigenvalue weighted by molar-refractivity contribution is 0.0783. The normalized spacial score (nSPS) is 16.3. The molecule has 1 aliphatic heterocycles. The minimum Gasteiger partial charge on any atom is -0.381 e. The van der Waals surface area contributed by atoms with E-state index in [1.54, 1.807) is 6.20 Å². The van der Waals surface area contributed by atoms with Gasteiger partial charge in [0.05, 0.1) is 5.69 Å². The van der Waals surface area contributed by atoms with Crippen LogP contribution in [0.15, 0.2) is 47.7 Å². The molecule has 1 saturated heterocycles. The second-order valence-electron chi connectivity index (χ2n) is 6.72. The summed E-state index contributed by atoms with van der Waals surface area (Å²) in [5.41, 5.74) is 2.37. The van der Waals surface area contributed by atoms with Gasteiger partial charge in [-0.3, -0.25) is 4.99 Å². The Balaban J connectivity index is 0.00000280. The number of ether oxygens (including phenoxy) is 1. The van der Waals surface area contributed by atoms with Crippen molar-refractivity contribution >= 4 is 41.7 Å². The first-order chi connectivity index (χ1) is 13.2. The maximum Gasteiger partial charge on any atom is 0.191 e. The quantitative estimate of drug-likeness (QED) is 0.337. The number of aromatic nitrogens is 2. The van der Waals surface area contributed by atoms with E-state index in [4.69, 9.17) is 4.74 Å². The van der Waals surface area contributed by atoms with Crippen LogP contribution in [0.4, 0.5) is 0 Å². The molecular weight excluding hydrogens is 485 g/mol. The van der Waals surface area contributed by atoms with Crippen LogP contribution in [0.3, 0.4) is 0 Å². The minimum atomic E-state index is 0. The molecule has 154 valence electrons. The molecule has 2 heterocycles. The third-order valence-electron chi connectivity index (χ3n) is 5.05. The van der Waals surface area contributed by atoms with Gasteiger partial charge in [-0.25, -0.2) is 4.68 Å². The van der Waals surface area contributed by atoms with E-state index in [-0.39, 0.29) is 28.7 Å². The summed E-state index contributed by atoms with van der Waals surface area (Å²) in [5, 5.41) is 11.2. The zero-order valence-corrected chi connectivity index (χ0v) is 19.7. The molecule has 0 radical (unpaired) electrons. The number of benzene rings is 1. The van der Waals surface area contributed by atoms with Gasteiger partial charge in [0.1, 0.15) is 0 Å². The third kappa shape index (κ3) is 6.38. The molecular formula is C20H30IN5OS. The molecule has 28 heavy (non-hydrogen) atoms. The predicted molar refractivity (Wildman–Crippen MR) is 128 cm³/mol. The lowest BCUT2D eigenvalue weighted by Gasteiger charge is -2.36. The van der Waals surface area contributed by atoms with E-state index in [2.05, 4.69) is 51.2 Å². The van der Waals surface area contributed by atoms with Crippen LogP contribution in [0.5, 0.6) is 0 Å². The lowest BCUT2D eigenvalue weighted by atomic mass is 9.99. The number of hydrogen-bond donors (Lipinski definition) is 2. The Kier molecular flexibility index (Phi) is 9.60. The first kappa shape index (κ1) is 23.0. The van der Waals surface area contributed by atoms with Crippen LogP contribution in [0.25, 0.3) is 5.69 Å². The smallest absolute Gasteiger partial charge is 0.191 e. The van der Waals surface area contributed by atoms with E-state index < -0.39 is 0 Å². The van der Waals surface area contributed by atoms with Gasteiger partial charge in [0.25, 0.3) is 0 Å². The number of guanidine groups is 1. The van der Waals surface area contributed by atoms with Crippen molar-refractivity contribution in [1.82, 2.24) is 20.4 Å². The molecule has 2 aromatic rings. The molecule has 0 saturated carbocycles. The molecule has 0 unspecified atom stereocenters. The van der Waals surface area contributed by atoms with Crippen LogP contribution in [-0.4, -0.2) is 60.1 Å². The average Bonchev–Trinajstić information content (AvgIpc) is 3.26. The lowest BCUT2D eigenvalue weighted by Crippen LogP contribution is -2.48. The van der Waals surface area contributed by atoms with Gasteiger partial charge in [-0.1, -0.05) is 12.1 Å². The van der Waals surface area contributed by atoms with Crippen LogP contribution >= 0.6 is 35.7 Å². The molecule has 1 aromatic carbocycles. The number of rotatable bonds is 7. The summed E-state index contributed by atoms with van der Waals surface area (Å²) in [7, 11) is 1.82. The van der Waals surface area contributed by atoms with E-state index in [0.717, 1.165) is 57.2 Å². The summed E-state index contributed by atoms with van der Waals surface area (Å²) in [4.78, 5) is 4.36. The van der Waals surface area contributed by atoms with Crippen molar-refractivity contribution in [3.63, 3.8) is 0 Å². The van der Waals surface area contributed by atoms with E-state index in [1.807, 2.05) is 35.8 Å². The monoisotopic (exact) mass is 515 g/mol. The Labute approximate surface area is 188 Å². The molecule has 1 fully saturated rings. The SMILES string of the molecule is CN=C(NCCc1ccc(-n2cccn2)cc1)NCC1(SC)CCOCC1.I. The molecule has 8 heteroatoms. The number of aliphatic imine (C=N–C) groups is 1. The predicted octanol–water partition coefficient (Wildman–Crippen LogP) is 3.11. The van der Waals surface area contributed by atoms with Crippen molar-refractivity contribution in [2.75, 3.05) is 39.6 Å². The number of nitrogens with one attached hydrogen (secondary N) is 2. The number of thioether (sulfide) groups is 1. The molecule has 0 atom stereocenters. The summed E-state index contributed by atoms with van der Waals surface area (Å²) in [6, 6.07) is 10.4. The molecule has 0 spiro atoms. The first-order valence-electron chi connectivity index (χ1n) is 9.41. The standard InChI is InChI=1S/C20H29N5OS.HI/c1-21-19(23-16-20(27-2)9-14-26-15-10-20)22-12-8-17-4-6-18(7-5-17)25-13-3-11-24-25;/h3-7,11,13H,8-10,12,14-16H2,1-2H3,(H2,21,22,23);1H. The number of halogens is 1. The second kappa shape index (κ2) is 11.7. The Bertz CT molecular complexity index is 715. The van der Waals surface area contributed by atoms with Gasteiger partial charge < -0.3 is 15.4 Å². The number of hydrogen-bond acceptors (Lipinski definition) is 4. The fourth-order valence-corrected chi connectivity index (χ4v) is 4.02. The van der Waals surface area contributed by atoms with Crippen molar-refractivity contribution in [2.24, 2.45) is 4.99 Å². The van der Waals surface area contributed by atoms with Gasteiger partial charge in [0, 0.05) is 50.5 Å². The van der Waals surface area contributed by atoms with E-state index in [9.17, 15) is 0 Å². The largest absolute Gasteiger partial charge is 0.381 e. The average molecular weight is 515 g/mol. The highest BCUT2D eigenvalue weighted by atomic mass is 127. The highest BCUT2D eigenvalue weighted by molar-refractivity contribution is 14.0. The summed E-state index contributed by atoms with van der Waals surface area (Å²) in [6.45, 7) is 3.46. The molecule has 3 rings (SSSR count). The van der Waals surface area contributed by atoms with Gasteiger partial charge in [0.2, 0.25) is 0 Å². The summed E-state index contributed by atoms with van der Waals surface area (Å²) in [6.07, 6.45) is 9.04. The summed E-state index contributed by atoms with van der Waals surface area (Å²) < 4.78 is 7.63. The molecule has 6 nitrogen and oxygen atoms in total. The third-order valence-corrected chi connectivity index (χ3v) is 6.47. The maximum absolute atomic E-state index is 5.51.